The second kappa shape index (κ2) is 4.67. The maximum atomic E-state index is 6.00. The molecule has 0 radical (unpaired) electrons. The van der Waals surface area contributed by atoms with Crippen molar-refractivity contribution in [3.05, 3.63) is 28.6 Å². The van der Waals surface area contributed by atoms with Crippen LogP contribution in [0.1, 0.15) is 31.2 Å². The van der Waals surface area contributed by atoms with Crippen LogP contribution in [0.4, 0.5) is 0 Å². The third kappa shape index (κ3) is 2.31. The maximum Gasteiger partial charge on any atom is 0.200 e. The van der Waals surface area contributed by atoms with Gasteiger partial charge in [0.1, 0.15) is 5.52 Å². The molecule has 4 heteroatoms. The van der Waals surface area contributed by atoms with Crippen molar-refractivity contribution in [1.82, 2.24) is 4.98 Å². The van der Waals surface area contributed by atoms with Crippen LogP contribution >= 0.6 is 11.6 Å². The Kier molecular flexibility index (Phi) is 3.40. The van der Waals surface area contributed by atoms with Gasteiger partial charge in [-0.05, 0) is 30.5 Å². The summed E-state index contributed by atoms with van der Waals surface area (Å²) in [6.45, 7) is 6.74. The van der Waals surface area contributed by atoms with Crippen LogP contribution in [-0.2, 0) is 0 Å². The second-order valence-electron chi connectivity index (χ2n) is 4.71. The highest BCUT2D eigenvalue weighted by molar-refractivity contribution is 6.31. The van der Waals surface area contributed by atoms with Gasteiger partial charge < -0.3 is 10.2 Å². The molecule has 0 saturated carbocycles. The van der Waals surface area contributed by atoms with Gasteiger partial charge in [-0.3, -0.25) is 0 Å². The summed E-state index contributed by atoms with van der Waals surface area (Å²) in [7, 11) is 0. The lowest BCUT2D eigenvalue weighted by Crippen LogP contribution is -2.17. The molecule has 92 valence electrons. The smallest absolute Gasteiger partial charge is 0.200 e. The fraction of sp³-hybridized carbons (Fsp3) is 0.462. The third-order valence-electron chi connectivity index (χ3n) is 3.03. The van der Waals surface area contributed by atoms with E-state index in [2.05, 4.69) is 18.8 Å². The summed E-state index contributed by atoms with van der Waals surface area (Å²) in [6.07, 6.45) is 0. The van der Waals surface area contributed by atoms with E-state index in [1.807, 2.05) is 19.1 Å². The maximum absolute atomic E-state index is 6.00. The van der Waals surface area contributed by atoms with Gasteiger partial charge in [-0.1, -0.05) is 25.4 Å². The molecule has 0 bridgehead atoms. The Labute approximate surface area is 106 Å². The van der Waals surface area contributed by atoms with E-state index in [1.165, 1.54) is 0 Å². The van der Waals surface area contributed by atoms with Gasteiger partial charge in [0, 0.05) is 11.6 Å². The van der Waals surface area contributed by atoms with Crippen LogP contribution in [0.2, 0.25) is 5.02 Å². The predicted octanol–water partition coefficient (Wildman–Crippen LogP) is 3.49. The summed E-state index contributed by atoms with van der Waals surface area (Å²) in [5.41, 5.74) is 8.39. The first kappa shape index (κ1) is 12.4. The van der Waals surface area contributed by atoms with Crippen LogP contribution in [0.3, 0.4) is 0 Å². The number of benzene rings is 1. The van der Waals surface area contributed by atoms with Crippen molar-refractivity contribution in [2.45, 2.75) is 26.7 Å². The van der Waals surface area contributed by atoms with Gasteiger partial charge >= 0.3 is 0 Å². The van der Waals surface area contributed by atoms with Crippen LogP contribution in [0, 0.1) is 12.8 Å². The van der Waals surface area contributed by atoms with Crippen LogP contribution in [0.25, 0.3) is 11.1 Å². The molecule has 0 amide bonds. The lowest BCUT2D eigenvalue weighted by Gasteiger charge is -2.14. The first-order valence-corrected chi connectivity index (χ1v) is 6.17. The SMILES string of the molecule is Cc1cc(Cl)cc2nc(C(CN)C(C)C)oc12. The van der Waals surface area contributed by atoms with Gasteiger partial charge in [0.05, 0.1) is 5.92 Å². The van der Waals surface area contributed by atoms with Gasteiger partial charge in [0.25, 0.3) is 0 Å². The summed E-state index contributed by atoms with van der Waals surface area (Å²) >= 11 is 6.00. The first-order valence-electron chi connectivity index (χ1n) is 5.79. The Hall–Kier alpha value is -1.06. The molecule has 1 aromatic heterocycles. The molecule has 1 aromatic carbocycles. The zero-order valence-electron chi connectivity index (χ0n) is 10.3. The van der Waals surface area contributed by atoms with E-state index in [9.17, 15) is 0 Å². The topological polar surface area (TPSA) is 52.0 Å². The minimum atomic E-state index is 0.153. The van der Waals surface area contributed by atoms with E-state index >= 15 is 0 Å². The van der Waals surface area contributed by atoms with Crippen LogP contribution in [0.15, 0.2) is 16.5 Å². The van der Waals surface area contributed by atoms with E-state index in [0.717, 1.165) is 16.7 Å². The van der Waals surface area contributed by atoms with Crippen molar-refractivity contribution in [3.8, 4) is 0 Å². The van der Waals surface area contributed by atoms with Crippen LogP contribution in [0.5, 0.6) is 0 Å². The molecule has 0 aliphatic rings. The zero-order valence-corrected chi connectivity index (χ0v) is 11.1. The molecule has 0 spiro atoms. The molecule has 0 saturated heterocycles. The lowest BCUT2D eigenvalue weighted by atomic mass is 9.96. The number of aromatic nitrogens is 1. The number of halogens is 1. The molecule has 1 unspecified atom stereocenters. The van der Waals surface area contributed by atoms with Crippen LogP contribution < -0.4 is 5.73 Å². The quantitative estimate of drug-likeness (QED) is 0.910. The van der Waals surface area contributed by atoms with E-state index in [1.54, 1.807) is 0 Å². The van der Waals surface area contributed by atoms with Gasteiger partial charge in [0.15, 0.2) is 11.5 Å². The summed E-state index contributed by atoms with van der Waals surface area (Å²) in [5, 5.41) is 0.684. The van der Waals surface area contributed by atoms with Gasteiger partial charge in [-0.2, -0.15) is 0 Å². The monoisotopic (exact) mass is 252 g/mol. The van der Waals surface area contributed by atoms with Crippen molar-refractivity contribution < 1.29 is 4.42 Å². The number of aryl methyl sites for hydroxylation is 1. The molecule has 2 aromatic rings. The number of nitrogens with two attached hydrogens (primary N) is 1. The van der Waals surface area contributed by atoms with Crippen molar-refractivity contribution in [2.24, 2.45) is 11.7 Å². The Bertz CT molecular complexity index is 533. The Morgan fingerprint density at radius 3 is 2.71 bits per heavy atom. The van der Waals surface area contributed by atoms with Gasteiger partial charge in [0.2, 0.25) is 0 Å². The average Bonchev–Trinajstić information content (AvgIpc) is 2.61. The summed E-state index contributed by atoms with van der Waals surface area (Å²) in [5.74, 6) is 1.27. The summed E-state index contributed by atoms with van der Waals surface area (Å²) < 4.78 is 5.82. The highest BCUT2D eigenvalue weighted by Crippen LogP contribution is 2.29. The molecule has 2 N–H and O–H groups in total. The molecule has 1 atom stereocenters. The molecule has 0 aliphatic heterocycles. The molecular formula is C13H17ClN2O. The second-order valence-corrected chi connectivity index (χ2v) is 5.15. The largest absolute Gasteiger partial charge is 0.440 e. The van der Waals surface area contributed by atoms with Crippen molar-refractivity contribution in [3.63, 3.8) is 0 Å². The Morgan fingerprint density at radius 2 is 2.12 bits per heavy atom. The normalized spacial score (nSPS) is 13.5. The number of hydrogen-bond donors (Lipinski definition) is 1. The van der Waals surface area contributed by atoms with Crippen molar-refractivity contribution >= 4 is 22.7 Å². The number of nitrogens with zero attached hydrogens (tertiary/aromatic N) is 1. The number of oxazole rings is 1. The molecule has 17 heavy (non-hydrogen) atoms. The number of fused-ring (bicyclic) bond motifs is 1. The fourth-order valence-corrected chi connectivity index (χ4v) is 2.26. The molecular weight excluding hydrogens is 236 g/mol. The third-order valence-corrected chi connectivity index (χ3v) is 3.25. The lowest BCUT2D eigenvalue weighted by molar-refractivity contribution is 0.400. The minimum absolute atomic E-state index is 0.153. The van der Waals surface area contributed by atoms with Gasteiger partial charge in [-0.15, -0.1) is 0 Å². The van der Waals surface area contributed by atoms with Crippen molar-refractivity contribution in [2.75, 3.05) is 6.54 Å². The van der Waals surface area contributed by atoms with Gasteiger partial charge in [-0.25, -0.2) is 4.98 Å². The molecule has 2 rings (SSSR count). The van der Waals surface area contributed by atoms with E-state index in [-0.39, 0.29) is 5.92 Å². The number of rotatable bonds is 3. The fourth-order valence-electron chi connectivity index (χ4n) is 1.99. The summed E-state index contributed by atoms with van der Waals surface area (Å²) in [6, 6.07) is 3.70. The molecule has 1 heterocycles. The zero-order chi connectivity index (χ0) is 12.6. The minimum Gasteiger partial charge on any atom is -0.440 e. The van der Waals surface area contributed by atoms with Crippen molar-refractivity contribution in [1.29, 1.82) is 0 Å². The molecule has 3 nitrogen and oxygen atoms in total. The van der Waals surface area contributed by atoms with E-state index in [4.69, 9.17) is 21.8 Å². The Morgan fingerprint density at radius 1 is 1.41 bits per heavy atom. The van der Waals surface area contributed by atoms with E-state index in [0.29, 0.717) is 23.4 Å². The molecule has 0 fully saturated rings. The average molecular weight is 253 g/mol. The highest BCUT2D eigenvalue weighted by atomic mass is 35.5. The Balaban J connectivity index is 2.54. The predicted molar refractivity (Wildman–Crippen MR) is 70.4 cm³/mol. The standard InChI is InChI=1S/C13H17ClN2O/c1-7(2)10(6-15)13-16-11-5-9(14)4-8(3)12(11)17-13/h4-5,7,10H,6,15H2,1-3H3. The van der Waals surface area contributed by atoms with Crippen LogP contribution in [-0.4, -0.2) is 11.5 Å². The highest BCUT2D eigenvalue weighted by Gasteiger charge is 2.21. The molecule has 0 aliphatic carbocycles. The number of hydrogen-bond acceptors (Lipinski definition) is 3. The first-order chi connectivity index (χ1) is 8.02. The van der Waals surface area contributed by atoms with E-state index < -0.39 is 0 Å². The summed E-state index contributed by atoms with van der Waals surface area (Å²) in [4.78, 5) is 4.50.